The molecule has 3 rings (SSSR count). The summed E-state index contributed by atoms with van der Waals surface area (Å²) in [6, 6.07) is 14.3. The predicted molar refractivity (Wildman–Crippen MR) is 118 cm³/mol. The van der Waals surface area contributed by atoms with Crippen molar-refractivity contribution in [1.29, 1.82) is 0 Å². The fourth-order valence-corrected chi connectivity index (χ4v) is 3.53. The summed E-state index contributed by atoms with van der Waals surface area (Å²) in [4.78, 5) is 37.8. The molecule has 1 aliphatic rings. The van der Waals surface area contributed by atoms with Crippen LogP contribution in [0.5, 0.6) is 5.75 Å². The quantitative estimate of drug-likeness (QED) is 0.409. The summed E-state index contributed by atoms with van der Waals surface area (Å²) in [5.74, 6) is -0.320. The lowest BCUT2D eigenvalue weighted by atomic mass is 10.0. The first-order valence-corrected chi connectivity index (χ1v) is 10.5. The number of carbonyl (C=O) groups is 3. The molecule has 0 radical (unpaired) electrons. The van der Waals surface area contributed by atoms with E-state index in [1.807, 2.05) is 24.3 Å². The van der Waals surface area contributed by atoms with E-state index in [0.717, 1.165) is 10.0 Å². The number of rotatable bonds is 5. The highest BCUT2D eigenvalue weighted by atomic mass is 79.9. The van der Waals surface area contributed by atoms with Gasteiger partial charge < -0.3 is 15.0 Å². The van der Waals surface area contributed by atoms with Crippen LogP contribution in [0.25, 0.3) is 6.08 Å². The minimum absolute atomic E-state index is 0.0310. The molecule has 0 spiro atoms. The first-order valence-electron chi connectivity index (χ1n) is 9.72. The lowest BCUT2D eigenvalue weighted by molar-refractivity contribution is -0.131. The number of nitrogens with zero attached hydrogens (tertiary/aromatic N) is 1. The molecule has 1 saturated heterocycles. The van der Waals surface area contributed by atoms with E-state index in [-0.39, 0.29) is 17.9 Å². The van der Waals surface area contributed by atoms with Gasteiger partial charge in [0.05, 0.1) is 0 Å². The van der Waals surface area contributed by atoms with Gasteiger partial charge in [-0.3, -0.25) is 14.4 Å². The molecular formula is C23H23BrN2O4. The van der Waals surface area contributed by atoms with E-state index in [1.165, 1.54) is 13.0 Å². The number of nitrogens with one attached hydrogen (secondary N) is 1. The maximum atomic E-state index is 12.7. The fraction of sp³-hybridized carbons (Fsp3) is 0.261. The summed E-state index contributed by atoms with van der Waals surface area (Å²) >= 11 is 3.38. The van der Waals surface area contributed by atoms with Crippen LogP contribution in [-0.2, 0) is 9.59 Å². The molecule has 1 N–H and O–H groups in total. The molecule has 1 aliphatic heterocycles. The number of carbonyl (C=O) groups excluding carboxylic acids is 3. The molecule has 0 unspecified atom stereocenters. The summed E-state index contributed by atoms with van der Waals surface area (Å²) in [6.07, 6.45) is 4.68. The molecule has 0 aromatic heterocycles. The second-order valence-electron chi connectivity index (χ2n) is 7.08. The van der Waals surface area contributed by atoms with Gasteiger partial charge in [0.25, 0.3) is 5.91 Å². The molecule has 7 heteroatoms. The van der Waals surface area contributed by atoms with Gasteiger partial charge in [-0.2, -0.15) is 0 Å². The van der Waals surface area contributed by atoms with Crippen LogP contribution < -0.4 is 10.1 Å². The lowest BCUT2D eigenvalue weighted by Crippen LogP contribution is -2.46. The Morgan fingerprint density at radius 1 is 1.10 bits per heavy atom. The molecule has 2 aromatic rings. The van der Waals surface area contributed by atoms with E-state index in [2.05, 4.69) is 21.2 Å². The van der Waals surface area contributed by atoms with Gasteiger partial charge in [-0.25, -0.2) is 0 Å². The zero-order valence-corrected chi connectivity index (χ0v) is 18.2. The largest absolute Gasteiger partial charge is 0.427 e. The van der Waals surface area contributed by atoms with Crippen molar-refractivity contribution >= 4 is 39.8 Å². The molecule has 1 fully saturated rings. The van der Waals surface area contributed by atoms with Crippen LogP contribution in [0.3, 0.4) is 0 Å². The minimum atomic E-state index is -0.426. The predicted octanol–water partition coefficient (Wildman–Crippen LogP) is 3.81. The molecular weight excluding hydrogens is 448 g/mol. The molecule has 0 bridgehead atoms. The summed E-state index contributed by atoms with van der Waals surface area (Å²) in [6.45, 7) is 2.43. The van der Waals surface area contributed by atoms with Gasteiger partial charge >= 0.3 is 5.97 Å². The average Bonchev–Trinajstić information content (AvgIpc) is 2.73. The first kappa shape index (κ1) is 21.8. The second-order valence-corrected chi connectivity index (χ2v) is 8.00. The smallest absolute Gasteiger partial charge is 0.308 e. The van der Waals surface area contributed by atoms with Crippen molar-refractivity contribution < 1.29 is 19.1 Å². The second kappa shape index (κ2) is 10.2. The Hall–Kier alpha value is -2.93. The minimum Gasteiger partial charge on any atom is -0.427 e. The molecule has 2 aromatic carbocycles. The molecule has 2 amide bonds. The van der Waals surface area contributed by atoms with Crippen molar-refractivity contribution in [3.63, 3.8) is 0 Å². The number of piperidine rings is 1. The Kier molecular flexibility index (Phi) is 7.41. The van der Waals surface area contributed by atoms with Crippen molar-refractivity contribution in [1.82, 2.24) is 10.2 Å². The van der Waals surface area contributed by atoms with E-state index in [9.17, 15) is 14.4 Å². The summed E-state index contributed by atoms with van der Waals surface area (Å²) in [5.41, 5.74) is 1.43. The Labute approximate surface area is 184 Å². The van der Waals surface area contributed by atoms with Crippen LogP contribution in [0.15, 0.2) is 59.1 Å². The molecule has 0 aliphatic carbocycles. The monoisotopic (exact) mass is 470 g/mol. The Bertz CT molecular complexity index is 948. The van der Waals surface area contributed by atoms with Crippen molar-refractivity contribution in [2.45, 2.75) is 25.8 Å². The van der Waals surface area contributed by atoms with Gasteiger partial charge in [0, 0.05) is 42.2 Å². The standard InChI is InChI=1S/C23H23BrN2O4/c1-16(27)30-21-4-2-3-18(15-21)23(29)26-13-11-20(12-14-26)25-22(28)10-7-17-5-8-19(24)9-6-17/h2-10,15,20H,11-14H2,1H3,(H,25,28)/b10-7+. The third-order valence-corrected chi connectivity index (χ3v) is 5.30. The highest BCUT2D eigenvalue weighted by Crippen LogP contribution is 2.18. The number of likely N-dealkylation sites (tertiary alicyclic amines) is 1. The summed E-state index contributed by atoms with van der Waals surface area (Å²) in [7, 11) is 0. The lowest BCUT2D eigenvalue weighted by Gasteiger charge is -2.32. The van der Waals surface area contributed by atoms with Crippen LogP contribution in [0, 0.1) is 0 Å². The maximum absolute atomic E-state index is 12.7. The summed E-state index contributed by atoms with van der Waals surface area (Å²) < 4.78 is 6.04. The van der Waals surface area contributed by atoms with Crippen molar-refractivity contribution in [3.05, 3.63) is 70.2 Å². The molecule has 30 heavy (non-hydrogen) atoms. The third-order valence-electron chi connectivity index (χ3n) is 4.77. The fourth-order valence-electron chi connectivity index (χ4n) is 3.26. The number of halogens is 1. The van der Waals surface area contributed by atoms with E-state index in [4.69, 9.17) is 4.74 Å². The van der Waals surface area contributed by atoms with Crippen molar-refractivity contribution in [3.8, 4) is 5.75 Å². The molecule has 1 heterocycles. The number of amides is 2. The first-order chi connectivity index (χ1) is 14.4. The van der Waals surface area contributed by atoms with Gasteiger partial charge in [0.2, 0.25) is 5.91 Å². The maximum Gasteiger partial charge on any atom is 0.308 e. The van der Waals surface area contributed by atoms with E-state index in [1.54, 1.807) is 35.2 Å². The number of esters is 1. The zero-order chi connectivity index (χ0) is 21.5. The topological polar surface area (TPSA) is 75.7 Å². The van der Waals surface area contributed by atoms with Crippen LogP contribution in [0.2, 0.25) is 0 Å². The SMILES string of the molecule is CC(=O)Oc1cccc(C(=O)N2CCC(NC(=O)/C=C/c3ccc(Br)cc3)CC2)c1. The average molecular weight is 471 g/mol. The number of benzene rings is 2. The zero-order valence-electron chi connectivity index (χ0n) is 16.6. The third kappa shape index (κ3) is 6.29. The van der Waals surface area contributed by atoms with Gasteiger partial charge in [0.15, 0.2) is 0 Å². The molecule has 0 saturated carbocycles. The van der Waals surface area contributed by atoms with E-state index >= 15 is 0 Å². The Morgan fingerprint density at radius 2 is 1.80 bits per heavy atom. The van der Waals surface area contributed by atoms with Crippen LogP contribution in [-0.4, -0.2) is 41.8 Å². The van der Waals surface area contributed by atoms with Crippen LogP contribution >= 0.6 is 15.9 Å². The highest BCUT2D eigenvalue weighted by molar-refractivity contribution is 9.10. The van der Waals surface area contributed by atoms with Crippen molar-refractivity contribution in [2.75, 3.05) is 13.1 Å². The Morgan fingerprint density at radius 3 is 2.47 bits per heavy atom. The number of hydrogen-bond donors (Lipinski definition) is 1. The van der Waals surface area contributed by atoms with Gasteiger partial charge in [-0.15, -0.1) is 0 Å². The van der Waals surface area contributed by atoms with E-state index < -0.39 is 5.97 Å². The summed E-state index contributed by atoms with van der Waals surface area (Å²) in [5, 5.41) is 3.00. The number of hydrogen-bond acceptors (Lipinski definition) is 4. The van der Waals surface area contributed by atoms with Gasteiger partial charge in [-0.1, -0.05) is 34.1 Å². The molecule has 6 nitrogen and oxygen atoms in total. The Balaban J connectivity index is 1.49. The van der Waals surface area contributed by atoms with E-state index in [0.29, 0.717) is 37.2 Å². The molecule has 156 valence electrons. The van der Waals surface area contributed by atoms with Crippen molar-refractivity contribution in [2.24, 2.45) is 0 Å². The molecule has 0 atom stereocenters. The van der Waals surface area contributed by atoms with Gasteiger partial charge in [-0.05, 0) is 54.8 Å². The van der Waals surface area contributed by atoms with Crippen LogP contribution in [0.4, 0.5) is 0 Å². The highest BCUT2D eigenvalue weighted by Gasteiger charge is 2.24. The van der Waals surface area contributed by atoms with Crippen LogP contribution in [0.1, 0.15) is 35.7 Å². The normalized spacial score (nSPS) is 14.5. The van der Waals surface area contributed by atoms with Gasteiger partial charge in [0.1, 0.15) is 5.75 Å². The number of ether oxygens (including phenoxy) is 1.